The first-order valence-electron chi connectivity index (χ1n) is 5.10. The Bertz CT molecular complexity index is 173. The number of carbonyl (C=O) groups excluding carboxylic acids is 1. The molecule has 0 spiro atoms. The molecule has 1 amide bonds. The summed E-state index contributed by atoms with van der Waals surface area (Å²) in [7, 11) is 3.46. The monoisotopic (exact) mass is 201 g/mol. The van der Waals surface area contributed by atoms with Gasteiger partial charge in [0, 0.05) is 20.7 Å². The van der Waals surface area contributed by atoms with Gasteiger partial charge in [0.05, 0.1) is 13.0 Å². The molecule has 0 saturated carbocycles. The fourth-order valence-electron chi connectivity index (χ4n) is 1.01. The fourth-order valence-corrected chi connectivity index (χ4v) is 1.01. The second-order valence-corrected chi connectivity index (χ2v) is 4.87. The molecule has 0 unspecified atom stereocenters. The van der Waals surface area contributed by atoms with E-state index in [4.69, 9.17) is 4.74 Å². The molecule has 0 rings (SSSR count). The molecule has 0 aromatic heterocycles. The summed E-state index contributed by atoms with van der Waals surface area (Å²) in [6.45, 7) is 7.88. The first kappa shape index (κ1) is 13.4. The molecular weight excluding hydrogens is 178 g/mol. The third kappa shape index (κ3) is 6.89. The van der Waals surface area contributed by atoms with Crippen LogP contribution in [0.2, 0.25) is 0 Å². The van der Waals surface area contributed by atoms with Gasteiger partial charge in [0.25, 0.3) is 0 Å². The summed E-state index contributed by atoms with van der Waals surface area (Å²) >= 11 is 0. The molecule has 0 N–H and O–H groups in total. The molecule has 0 aliphatic heterocycles. The van der Waals surface area contributed by atoms with Crippen molar-refractivity contribution < 1.29 is 9.53 Å². The normalized spacial score (nSPS) is 11.5. The van der Waals surface area contributed by atoms with E-state index in [9.17, 15) is 4.79 Å². The quantitative estimate of drug-likeness (QED) is 0.680. The third-order valence-corrected chi connectivity index (χ3v) is 2.14. The molecule has 0 bridgehead atoms. The molecule has 0 aliphatic rings. The molecule has 0 aliphatic carbocycles. The highest BCUT2D eigenvalue weighted by molar-refractivity contribution is 5.75. The highest BCUT2D eigenvalue weighted by atomic mass is 16.5. The first-order valence-corrected chi connectivity index (χ1v) is 5.10. The molecule has 0 atom stereocenters. The molecule has 0 fully saturated rings. The molecule has 0 heterocycles. The lowest BCUT2D eigenvalue weighted by Crippen LogP contribution is -2.30. The van der Waals surface area contributed by atoms with Gasteiger partial charge >= 0.3 is 0 Å². The van der Waals surface area contributed by atoms with Gasteiger partial charge in [0.2, 0.25) is 5.91 Å². The van der Waals surface area contributed by atoms with Crippen LogP contribution in [0.25, 0.3) is 0 Å². The Hall–Kier alpha value is -0.570. The summed E-state index contributed by atoms with van der Waals surface area (Å²) in [5.74, 6) is 0.163. The molecule has 0 aromatic carbocycles. The number of hydrogen-bond acceptors (Lipinski definition) is 2. The van der Waals surface area contributed by atoms with E-state index in [0.717, 1.165) is 13.0 Å². The number of hydrogen-bond donors (Lipinski definition) is 0. The summed E-state index contributed by atoms with van der Waals surface area (Å²) in [4.78, 5) is 13.2. The number of nitrogens with zero attached hydrogens (tertiary/aromatic N) is 1. The molecule has 3 nitrogen and oxygen atoms in total. The average molecular weight is 201 g/mol. The van der Waals surface area contributed by atoms with Crippen molar-refractivity contribution in [1.82, 2.24) is 4.90 Å². The van der Waals surface area contributed by atoms with Gasteiger partial charge in [0.15, 0.2) is 0 Å². The highest BCUT2D eigenvalue weighted by Crippen LogP contribution is 2.18. The van der Waals surface area contributed by atoms with Crippen LogP contribution in [0.15, 0.2) is 0 Å². The van der Waals surface area contributed by atoms with E-state index in [0.29, 0.717) is 13.0 Å². The molecule has 14 heavy (non-hydrogen) atoms. The molecule has 0 saturated heterocycles. The number of ether oxygens (including phenoxy) is 1. The summed E-state index contributed by atoms with van der Waals surface area (Å²) in [5, 5.41) is 0. The van der Waals surface area contributed by atoms with E-state index in [2.05, 4.69) is 20.8 Å². The SMILES string of the molecule is COCCC(=O)N(C)CCC(C)(C)C. The minimum atomic E-state index is 0.163. The highest BCUT2D eigenvalue weighted by Gasteiger charge is 2.14. The summed E-state index contributed by atoms with van der Waals surface area (Å²) in [6.07, 6.45) is 1.51. The van der Waals surface area contributed by atoms with Crippen molar-refractivity contribution in [2.45, 2.75) is 33.6 Å². The number of methoxy groups -OCH3 is 1. The Labute approximate surface area is 87.4 Å². The van der Waals surface area contributed by atoms with Crippen LogP contribution >= 0.6 is 0 Å². The van der Waals surface area contributed by atoms with Crippen molar-refractivity contribution in [3.63, 3.8) is 0 Å². The minimum absolute atomic E-state index is 0.163. The van der Waals surface area contributed by atoms with Crippen LogP contribution in [-0.2, 0) is 9.53 Å². The molecule has 3 heteroatoms. The Morgan fingerprint density at radius 2 is 1.93 bits per heavy atom. The maximum atomic E-state index is 11.5. The van der Waals surface area contributed by atoms with E-state index in [1.807, 2.05) is 7.05 Å². The van der Waals surface area contributed by atoms with E-state index in [1.165, 1.54) is 0 Å². The minimum Gasteiger partial charge on any atom is -0.384 e. The Balaban J connectivity index is 3.73. The Morgan fingerprint density at radius 3 is 2.36 bits per heavy atom. The van der Waals surface area contributed by atoms with Crippen molar-refractivity contribution in [2.75, 3.05) is 27.3 Å². The Kier molecular flexibility index (Phi) is 5.77. The zero-order valence-corrected chi connectivity index (χ0v) is 10.1. The first-order chi connectivity index (χ1) is 6.37. The van der Waals surface area contributed by atoms with Crippen molar-refractivity contribution >= 4 is 5.91 Å². The van der Waals surface area contributed by atoms with Gasteiger partial charge in [-0.15, -0.1) is 0 Å². The third-order valence-electron chi connectivity index (χ3n) is 2.14. The lowest BCUT2D eigenvalue weighted by Gasteiger charge is -2.23. The topological polar surface area (TPSA) is 29.5 Å². The Morgan fingerprint density at radius 1 is 1.36 bits per heavy atom. The van der Waals surface area contributed by atoms with Crippen LogP contribution in [-0.4, -0.2) is 38.1 Å². The predicted molar refractivity (Wildman–Crippen MR) is 58.2 cm³/mol. The van der Waals surface area contributed by atoms with Crippen molar-refractivity contribution in [1.29, 1.82) is 0 Å². The van der Waals surface area contributed by atoms with Crippen LogP contribution in [0.5, 0.6) is 0 Å². The maximum Gasteiger partial charge on any atom is 0.224 e. The van der Waals surface area contributed by atoms with Gasteiger partial charge in [-0.1, -0.05) is 20.8 Å². The smallest absolute Gasteiger partial charge is 0.224 e. The molecular formula is C11H23NO2. The zero-order valence-electron chi connectivity index (χ0n) is 10.1. The van der Waals surface area contributed by atoms with Crippen LogP contribution in [0.1, 0.15) is 33.6 Å². The second kappa shape index (κ2) is 6.02. The largest absolute Gasteiger partial charge is 0.384 e. The second-order valence-electron chi connectivity index (χ2n) is 4.87. The van der Waals surface area contributed by atoms with Gasteiger partial charge in [0.1, 0.15) is 0 Å². The summed E-state index contributed by atoms with van der Waals surface area (Å²) < 4.78 is 4.86. The van der Waals surface area contributed by atoms with Gasteiger partial charge < -0.3 is 9.64 Å². The van der Waals surface area contributed by atoms with Gasteiger partial charge in [-0.3, -0.25) is 4.79 Å². The summed E-state index contributed by atoms with van der Waals surface area (Å²) in [5.41, 5.74) is 0.287. The van der Waals surface area contributed by atoms with E-state index < -0.39 is 0 Å². The van der Waals surface area contributed by atoms with Crippen LogP contribution in [0.4, 0.5) is 0 Å². The zero-order chi connectivity index (χ0) is 11.2. The van der Waals surface area contributed by atoms with E-state index in [1.54, 1.807) is 12.0 Å². The average Bonchev–Trinajstić information content (AvgIpc) is 2.09. The van der Waals surface area contributed by atoms with Crippen molar-refractivity contribution in [3.8, 4) is 0 Å². The van der Waals surface area contributed by atoms with Crippen LogP contribution in [0, 0.1) is 5.41 Å². The van der Waals surface area contributed by atoms with Crippen molar-refractivity contribution in [2.24, 2.45) is 5.41 Å². The van der Waals surface area contributed by atoms with E-state index in [-0.39, 0.29) is 11.3 Å². The van der Waals surface area contributed by atoms with Crippen molar-refractivity contribution in [3.05, 3.63) is 0 Å². The standard InChI is InChI=1S/C11H23NO2/c1-11(2,3)7-8-12(4)10(13)6-9-14-5/h6-9H2,1-5H3. The number of amides is 1. The fraction of sp³-hybridized carbons (Fsp3) is 0.909. The predicted octanol–water partition coefficient (Wildman–Crippen LogP) is 1.92. The summed E-state index contributed by atoms with van der Waals surface area (Å²) in [6, 6.07) is 0. The lowest BCUT2D eigenvalue weighted by atomic mass is 9.92. The maximum absolute atomic E-state index is 11.5. The van der Waals surface area contributed by atoms with Gasteiger partial charge in [-0.05, 0) is 11.8 Å². The molecule has 0 aromatic rings. The van der Waals surface area contributed by atoms with Gasteiger partial charge in [-0.25, -0.2) is 0 Å². The molecule has 84 valence electrons. The molecule has 0 radical (unpaired) electrons. The number of rotatable bonds is 5. The lowest BCUT2D eigenvalue weighted by molar-refractivity contribution is -0.131. The van der Waals surface area contributed by atoms with Crippen LogP contribution < -0.4 is 0 Å². The van der Waals surface area contributed by atoms with Gasteiger partial charge in [-0.2, -0.15) is 0 Å². The van der Waals surface area contributed by atoms with E-state index >= 15 is 0 Å². The number of carbonyl (C=O) groups is 1. The van der Waals surface area contributed by atoms with Crippen LogP contribution in [0.3, 0.4) is 0 Å².